The molecule has 1 saturated heterocycles. The number of fused-ring (bicyclic) bond motifs is 1. The van der Waals surface area contributed by atoms with Crippen molar-refractivity contribution in [2.75, 3.05) is 20.3 Å². The molecule has 0 N–H and O–H groups in total. The van der Waals surface area contributed by atoms with Gasteiger partial charge in [0, 0.05) is 24.8 Å². The summed E-state index contributed by atoms with van der Waals surface area (Å²) in [5, 5.41) is 0. The largest absolute Gasteiger partial charge is 0.376 e. The van der Waals surface area contributed by atoms with Crippen LogP contribution in [-0.2, 0) is 9.47 Å². The summed E-state index contributed by atoms with van der Waals surface area (Å²) in [6.45, 7) is 1.42. The maximum atomic E-state index is 12.3. The average Bonchev–Trinajstić information content (AvgIpc) is 2.99. The molecule has 4 nitrogen and oxygen atoms in total. The summed E-state index contributed by atoms with van der Waals surface area (Å²) in [5.41, 5.74) is 1.71. The van der Waals surface area contributed by atoms with Gasteiger partial charge in [-0.3, -0.25) is 4.79 Å². The Hall–Kier alpha value is -1.39. The summed E-state index contributed by atoms with van der Waals surface area (Å²) in [6.07, 6.45) is 1.99. The Labute approximate surface area is 106 Å². The first-order valence-electron chi connectivity index (χ1n) is 6.35. The molecule has 1 aromatic carbocycles. The minimum absolute atomic E-state index is 0.0490. The molecule has 0 unspecified atom stereocenters. The molecule has 1 aromatic rings. The van der Waals surface area contributed by atoms with Crippen LogP contribution in [0.1, 0.15) is 35.0 Å². The summed E-state index contributed by atoms with van der Waals surface area (Å²) in [7, 11) is 1.64. The first-order valence-corrected chi connectivity index (χ1v) is 6.35. The van der Waals surface area contributed by atoms with Gasteiger partial charge in [-0.05, 0) is 18.9 Å². The Morgan fingerprint density at radius 2 is 2.28 bits per heavy atom. The zero-order valence-electron chi connectivity index (χ0n) is 10.5. The molecule has 2 heterocycles. The van der Waals surface area contributed by atoms with Crippen molar-refractivity contribution < 1.29 is 14.3 Å². The molecule has 0 spiro atoms. The molecule has 0 bridgehead atoms. The Balaban J connectivity index is 1.85. The fourth-order valence-electron chi connectivity index (χ4n) is 2.78. The number of carbonyl (C=O) groups excluding carboxylic acids is 1. The van der Waals surface area contributed by atoms with Crippen LogP contribution >= 0.6 is 0 Å². The van der Waals surface area contributed by atoms with E-state index in [1.807, 2.05) is 24.3 Å². The highest BCUT2D eigenvalue weighted by atomic mass is 16.5. The Bertz CT molecular complexity index is 454. The van der Waals surface area contributed by atoms with Gasteiger partial charge in [0.25, 0.3) is 5.91 Å². The molecule has 2 atom stereocenters. The molecular weight excluding hydrogens is 230 g/mol. The highest BCUT2D eigenvalue weighted by Crippen LogP contribution is 2.34. The average molecular weight is 247 g/mol. The summed E-state index contributed by atoms with van der Waals surface area (Å²) >= 11 is 0. The lowest BCUT2D eigenvalue weighted by molar-refractivity contribution is -0.0327. The fraction of sp³-hybridized carbons (Fsp3) is 0.500. The number of rotatable bonds is 3. The Kier molecular flexibility index (Phi) is 3.06. The molecule has 18 heavy (non-hydrogen) atoms. The third kappa shape index (κ3) is 1.82. The molecule has 1 fully saturated rings. The van der Waals surface area contributed by atoms with E-state index in [1.54, 1.807) is 12.0 Å². The number of hydrogen-bond donors (Lipinski definition) is 0. The van der Waals surface area contributed by atoms with Crippen LogP contribution < -0.4 is 0 Å². The van der Waals surface area contributed by atoms with Crippen molar-refractivity contribution in [3.05, 3.63) is 35.4 Å². The van der Waals surface area contributed by atoms with Crippen molar-refractivity contribution >= 4 is 5.91 Å². The molecule has 2 aliphatic rings. The van der Waals surface area contributed by atoms with E-state index in [0.29, 0.717) is 6.54 Å². The number of amides is 1. The zero-order chi connectivity index (χ0) is 12.5. The highest BCUT2D eigenvalue weighted by Gasteiger charge is 2.38. The summed E-state index contributed by atoms with van der Waals surface area (Å²) in [4.78, 5) is 14.1. The summed E-state index contributed by atoms with van der Waals surface area (Å²) in [6, 6.07) is 7.64. The van der Waals surface area contributed by atoms with E-state index in [0.717, 1.165) is 30.6 Å². The fourth-order valence-corrected chi connectivity index (χ4v) is 2.78. The number of ether oxygens (including phenoxy) is 2. The van der Waals surface area contributed by atoms with Crippen LogP contribution in [-0.4, -0.2) is 37.2 Å². The second-order valence-corrected chi connectivity index (χ2v) is 4.77. The van der Waals surface area contributed by atoms with Gasteiger partial charge < -0.3 is 14.4 Å². The van der Waals surface area contributed by atoms with Crippen LogP contribution in [0.5, 0.6) is 0 Å². The predicted molar refractivity (Wildman–Crippen MR) is 66.2 cm³/mol. The Morgan fingerprint density at radius 3 is 3.00 bits per heavy atom. The van der Waals surface area contributed by atoms with Crippen molar-refractivity contribution in [1.29, 1.82) is 0 Å². The molecule has 1 amide bonds. The molecule has 0 saturated carbocycles. The van der Waals surface area contributed by atoms with Crippen LogP contribution in [0.3, 0.4) is 0 Å². The third-order valence-electron chi connectivity index (χ3n) is 3.65. The molecule has 3 rings (SSSR count). The number of hydrogen-bond acceptors (Lipinski definition) is 3. The molecule has 2 aliphatic heterocycles. The van der Waals surface area contributed by atoms with Gasteiger partial charge in [0.15, 0.2) is 6.23 Å². The second kappa shape index (κ2) is 4.71. The van der Waals surface area contributed by atoms with E-state index in [9.17, 15) is 4.79 Å². The molecule has 0 aliphatic carbocycles. The number of nitrogens with zero attached hydrogens (tertiary/aromatic N) is 1. The quantitative estimate of drug-likeness (QED) is 0.819. The highest BCUT2D eigenvalue weighted by molar-refractivity contribution is 5.98. The maximum Gasteiger partial charge on any atom is 0.256 e. The first kappa shape index (κ1) is 11.7. The summed E-state index contributed by atoms with van der Waals surface area (Å²) < 4.78 is 11.1. The zero-order valence-corrected chi connectivity index (χ0v) is 10.5. The molecule has 4 heteroatoms. The van der Waals surface area contributed by atoms with E-state index < -0.39 is 0 Å². The lowest BCUT2D eigenvalue weighted by Crippen LogP contribution is -2.35. The van der Waals surface area contributed by atoms with Crippen molar-refractivity contribution in [2.45, 2.75) is 25.2 Å². The first-order chi connectivity index (χ1) is 8.81. The van der Waals surface area contributed by atoms with Crippen LogP contribution in [0.15, 0.2) is 24.3 Å². The minimum Gasteiger partial charge on any atom is -0.376 e. The topological polar surface area (TPSA) is 38.8 Å². The van der Waals surface area contributed by atoms with E-state index in [-0.39, 0.29) is 18.2 Å². The number of carbonyl (C=O) groups is 1. The summed E-state index contributed by atoms with van der Waals surface area (Å²) in [5.74, 6) is 0.0490. The maximum absolute atomic E-state index is 12.3. The van der Waals surface area contributed by atoms with Crippen molar-refractivity contribution in [3.8, 4) is 0 Å². The minimum atomic E-state index is -0.266. The van der Waals surface area contributed by atoms with Crippen molar-refractivity contribution in [1.82, 2.24) is 4.90 Å². The number of methoxy groups -OCH3 is 1. The Morgan fingerprint density at radius 1 is 1.44 bits per heavy atom. The van der Waals surface area contributed by atoms with Crippen LogP contribution in [0.25, 0.3) is 0 Å². The van der Waals surface area contributed by atoms with Gasteiger partial charge in [0.05, 0.1) is 12.6 Å². The third-order valence-corrected chi connectivity index (χ3v) is 3.65. The van der Waals surface area contributed by atoms with Crippen molar-refractivity contribution in [2.24, 2.45) is 0 Å². The van der Waals surface area contributed by atoms with Gasteiger partial charge in [-0.1, -0.05) is 18.2 Å². The molecule has 96 valence electrons. The standard InChI is InChI=1S/C14H17NO3/c1-17-14-12-7-3-2-6-11(12)13(16)15(14)9-10-5-4-8-18-10/h2-3,6-7,10,14H,4-5,8-9H2,1H3/t10-,14-/m0/s1. The normalized spacial score (nSPS) is 26.7. The van der Waals surface area contributed by atoms with E-state index in [1.165, 1.54) is 0 Å². The smallest absolute Gasteiger partial charge is 0.256 e. The van der Waals surface area contributed by atoms with Crippen molar-refractivity contribution in [3.63, 3.8) is 0 Å². The van der Waals surface area contributed by atoms with Crippen LogP contribution in [0, 0.1) is 0 Å². The lowest BCUT2D eigenvalue weighted by Gasteiger charge is -2.26. The van der Waals surface area contributed by atoms with Gasteiger partial charge in [-0.15, -0.1) is 0 Å². The second-order valence-electron chi connectivity index (χ2n) is 4.77. The van der Waals surface area contributed by atoms with Crippen LogP contribution in [0.2, 0.25) is 0 Å². The predicted octanol–water partition coefficient (Wildman–Crippen LogP) is 1.97. The van der Waals surface area contributed by atoms with Gasteiger partial charge in [-0.2, -0.15) is 0 Å². The molecular formula is C14H17NO3. The van der Waals surface area contributed by atoms with Gasteiger partial charge in [0.1, 0.15) is 0 Å². The van der Waals surface area contributed by atoms with E-state index >= 15 is 0 Å². The number of benzene rings is 1. The van der Waals surface area contributed by atoms with E-state index in [4.69, 9.17) is 9.47 Å². The van der Waals surface area contributed by atoms with Gasteiger partial charge in [-0.25, -0.2) is 0 Å². The SMILES string of the molecule is CO[C@H]1c2ccccc2C(=O)N1C[C@@H]1CCCO1. The lowest BCUT2D eigenvalue weighted by atomic mass is 10.1. The monoisotopic (exact) mass is 247 g/mol. The van der Waals surface area contributed by atoms with Gasteiger partial charge in [0.2, 0.25) is 0 Å². The van der Waals surface area contributed by atoms with Crippen LogP contribution in [0.4, 0.5) is 0 Å². The van der Waals surface area contributed by atoms with Gasteiger partial charge >= 0.3 is 0 Å². The van der Waals surface area contributed by atoms with E-state index in [2.05, 4.69) is 0 Å². The molecule has 0 aromatic heterocycles. The molecule has 0 radical (unpaired) electrons.